The van der Waals surface area contributed by atoms with E-state index in [4.69, 9.17) is 14.0 Å². The van der Waals surface area contributed by atoms with Gasteiger partial charge in [-0.25, -0.2) is 4.79 Å². The van der Waals surface area contributed by atoms with E-state index in [2.05, 4.69) is 26.1 Å². The number of nitrogens with zero attached hydrogens (tertiary/aromatic N) is 1. The summed E-state index contributed by atoms with van der Waals surface area (Å²) in [6.07, 6.45) is 3.50. The van der Waals surface area contributed by atoms with Crippen molar-refractivity contribution in [2.45, 2.75) is 90.6 Å². The van der Waals surface area contributed by atoms with Gasteiger partial charge in [0.2, 0.25) is 5.91 Å². The van der Waals surface area contributed by atoms with Gasteiger partial charge in [-0.1, -0.05) is 58.0 Å². The van der Waals surface area contributed by atoms with Crippen LogP contribution in [0.1, 0.15) is 65.9 Å². The maximum absolute atomic E-state index is 13.7. The molecule has 7 nitrogen and oxygen atoms in total. The molecule has 3 saturated carbocycles. The Morgan fingerprint density at radius 2 is 1.94 bits per heavy atom. The average Bonchev–Trinajstić information content (AvgIpc) is 3.45. The van der Waals surface area contributed by atoms with E-state index in [1.165, 1.54) is 6.42 Å². The fraction of sp³-hybridized carbons (Fsp3) is 0.704. The van der Waals surface area contributed by atoms with Crippen LogP contribution >= 0.6 is 0 Å². The van der Waals surface area contributed by atoms with E-state index in [9.17, 15) is 9.59 Å². The van der Waals surface area contributed by atoms with E-state index in [0.717, 1.165) is 24.8 Å². The van der Waals surface area contributed by atoms with Crippen molar-refractivity contribution in [3.63, 3.8) is 0 Å². The first-order chi connectivity index (χ1) is 16.6. The third-order valence-electron chi connectivity index (χ3n) is 9.28. The van der Waals surface area contributed by atoms with Gasteiger partial charge in [0.05, 0.1) is 17.6 Å². The van der Waals surface area contributed by atoms with Gasteiger partial charge < -0.3 is 24.3 Å². The van der Waals surface area contributed by atoms with Crippen LogP contribution in [0.5, 0.6) is 0 Å². The molecule has 5 fully saturated rings. The predicted octanol–water partition coefficient (Wildman–Crippen LogP) is 4.20. The van der Waals surface area contributed by atoms with Gasteiger partial charge >= 0.3 is 13.2 Å². The first-order valence-corrected chi connectivity index (χ1v) is 13.2. The lowest BCUT2D eigenvalue weighted by Crippen LogP contribution is -2.65. The Balaban J connectivity index is 1.23. The van der Waals surface area contributed by atoms with Crippen molar-refractivity contribution in [3.8, 4) is 0 Å². The van der Waals surface area contributed by atoms with Crippen LogP contribution in [0.4, 0.5) is 4.79 Å². The van der Waals surface area contributed by atoms with E-state index < -0.39 is 19.3 Å². The van der Waals surface area contributed by atoms with Crippen molar-refractivity contribution >= 4 is 19.1 Å². The monoisotopic (exact) mass is 482 g/mol. The molecule has 1 N–H and O–H groups in total. The molecule has 6 rings (SSSR count). The zero-order valence-electron chi connectivity index (χ0n) is 21.7. The van der Waals surface area contributed by atoms with Gasteiger partial charge in [-0.2, -0.15) is 0 Å². The van der Waals surface area contributed by atoms with Gasteiger partial charge in [0.25, 0.3) is 0 Å². The van der Waals surface area contributed by atoms with Gasteiger partial charge in [-0.15, -0.1) is 0 Å². The highest BCUT2D eigenvalue weighted by atomic mass is 16.7. The number of hydrogen-bond acceptors (Lipinski definition) is 5. The Bertz CT molecular complexity index is 956. The Morgan fingerprint density at radius 3 is 2.63 bits per heavy atom. The normalized spacial score (nSPS) is 33.8. The van der Waals surface area contributed by atoms with Crippen molar-refractivity contribution in [2.75, 3.05) is 6.54 Å². The summed E-state index contributed by atoms with van der Waals surface area (Å²) in [5, 5.41) is 2.82. The molecule has 190 valence electrons. The van der Waals surface area contributed by atoms with Crippen molar-refractivity contribution in [3.05, 3.63) is 35.9 Å². The first-order valence-electron chi connectivity index (χ1n) is 13.2. The number of likely N-dealkylation sites (tertiary alicyclic amines) is 1. The Morgan fingerprint density at radius 1 is 1.20 bits per heavy atom. The summed E-state index contributed by atoms with van der Waals surface area (Å²) in [5.74, 6) is 0.876. The van der Waals surface area contributed by atoms with Crippen molar-refractivity contribution in [1.29, 1.82) is 0 Å². The molecule has 2 heterocycles. The third-order valence-corrected chi connectivity index (χ3v) is 9.28. The fourth-order valence-corrected chi connectivity index (χ4v) is 7.00. The zero-order valence-corrected chi connectivity index (χ0v) is 21.7. The lowest BCUT2D eigenvalue weighted by atomic mass is 9.43. The van der Waals surface area contributed by atoms with Gasteiger partial charge in [0.1, 0.15) is 12.6 Å². The molecule has 0 radical (unpaired) electrons. The van der Waals surface area contributed by atoms with E-state index in [-0.39, 0.29) is 41.5 Å². The topological polar surface area (TPSA) is 77.1 Å². The molecule has 0 unspecified atom stereocenters. The third kappa shape index (κ3) is 4.27. The largest absolute Gasteiger partial charge is 0.481 e. The molecule has 2 amide bonds. The lowest BCUT2D eigenvalue weighted by Gasteiger charge is -2.64. The van der Waals surface area contributed by atoms with Gasteiger partial charge in [0.15, 0.2) is 0 Å². The van der Waals surface area contributed by atoms with Gasteiger partial charge in [-0.05, 0) is 61.3 Å². The highest BCUT2D eigenvalue weighted by Crippen LogP contribution is 2.65. The molecule has 6 atom stereocenters. The fourth-order valence-electron chi connectivity index (χ4n) is 7.00. The maximum atomic E-state index is 13.7. The molecule has 5 aliphatic rings. The lowest BCUT2D eigenvalue weighted by molar-refractivity contribution is -0.199. The molecule has 1 aromatic carbocycles. The molecule has 3 aliphatic carbocycles. The SMILES string of the molecule is CC(C)[C@H](NC(=O)OCc1ccccc1)C(=O)N1CCC[C@H]1B1O[C@@H]2C[C@@H]3C[C@@H](C3(C)C)[C@]2(C)O1. The molecule has 1 aromatic rings. The molecule has 0 aromatic heterocycles. The van der Waals surface area contributed by atoms with Crippen LogP contribution in [0.2, 0.25) is 0 Å². The molecule has 2 aliphatic heterocycles. The van der Waals surface area contributed by atoms with E-state index >= 15 is 0 Å². The van der Waals surface area contributed by atoms with Crippen LogP contribution < -0.4 is 5.32 Å². The van der Waals surface area contributed by atoms with Gasteiger partial charge in [-0.3, -0.25) is 4.79 Å². The summed E-state index contributed by atoms with van der Waals surface area (Å²) >= 11 is 0. The number of hydrogen-bond donors (Lipinski definition) is 1. The molecule has 8 heteroatoms. The number of carbonyl (C=O) groups excluding carboxylic acids is 2. The second-order valence-electron chi connectivity index (χ2n) is 12.0. The summed E-state index contributed by atoms with van der Waals surface area (Å²) in [4.78, 5) is 28.1. The van der Waals surface area contributed by atoms with Crippen molar-refractivity contribution in [1.82, 2.24) is 10.2 Å². The zero-order chi connectivity index (χ0) is 25.0. The smallest absolute Gasteiger partial charge is 0.445 e. The standard InChI is InChI=1S/C27H39BN2O5/c1-17(2)23(29-25(32)33-16-18-10-7-6-8-11-18)24(31)30-13-9-12-22(30)28-34-21-15-19-14-20(26(19,3)4)27(21,5)35-28/h6-8,10-11,17,19-23H,9,12-16H2,1-5H3,(H,29,32)/t19-,20-,21+,22-,23-,27-/m0/s1. The summed E-state index contributed by atoms with van der Waals surface area (Å²) < 4.78 is 18.6. The maximum Gasteiger partial charge on any atom is 0.481 e. The van der Waals surface area contributed by atoms with Crippen molar-refractivity contribution < 1.29 is 23.6 Å². The average molecular weight is 482 g/mol. The van der Waals surface area contributed by atoms with Gasteiger partial charge in [0, 0.05) is 6.54 Å². The summed E-state index contributed by atoms with van der Waals surface area (Å²) in [6.45, 7) is 11.6. The number of alkyl carbamates (subject to hydrolysis) is 1. The van der Waals surface area contributed by atoms with E-state index in [1.807, 2.05) is 49.1 Å². The Kier molecular flexibility index (Phi) is 6.41. The number of rotatable bonds is 6. The number of nitrogens with one attached hydrogen (secondary N) is 1. The first kappa shape index (κ1) is 24.6. The summed E-state index contributed by atoms with van der Waals surface area (Å²) in [6, 6.07) is 8.86. The molecule has 2 saturated heterocycles. The van der Waals surface area contributed by atoms with Crippen LogP contribution in [0.3, 0.4) is 0 Å². The molecule has 35 heavy (non-hydrogen) atoms. The summed E-state index contributed by atoms with van der Waals surface area (Å²) in [7, 11) is -0.413. The minimum atomic E-state index is -0.662. The Labute approximate surface area is 209 Å². The second-order valence-corrected chi connectivity index (χ2v) is 12.0. The number of amides is 2. The highest BCUT2D eigenvalue weighted by molar-refractivity contribution is 6.48. The highest BCUT2D eigenvalue weighted by Gasteiger charge is 2.69. The van der Waals surface area contributed by atoms with Crippen molar-refractivity contribution in [2.24, 2.45) is 23.2 Å². The van der Waals surface area contributed by atoms with E-state index in [0.29, 0.717) is 18.4 Å². The molecular formula is C27H39BN2O5. The van der Waals surface area contributed by atoms with E-state index in [1.54, 1.807) is 0 Å². The number of carbonyl (C=O) groups is 2. The minimum Gasteiger partial charge on any atom is -0.445 e. The number of benzene rings is 1. The predicted molar refractivity (Wildman–Crippen MR) is 133 cm³/mol. The molecule has 2 bridgehead atoms. The number of ether oxygens (including phenoxy) is 1. The molecular weight excluding hydrogens is 443 g/mol. The van der Waals surface area contributed by atoms with Crippen LogP contribution in [-0.2, 0) is 25.4 Å². The van der Waals surface area contributed by atoms with Crippen LogP contribution in [0.15, 0.2) is 30.3 Å². The quantitative estimate of drug-likeness (QED) is 0.616. The molecule has 0 spiro atoms. The Hall–Kier alpha value is -2.06. The second kappa shape index (κ2) is 9.11. The van der Waals surface area contributed by atoms with Crippen LogP contribution in [0.25, 0.3) is 0 Å². The minimum absolute atomic E-state index is 0.0773. The van der Waals surface area contributed by atoms with Crippen LogP contribution in [-0.4, -0.2) is 54.3 Å². The summed E-state index contributed by atoms with van der Waals surface area (Å²) in [5.41, 5.74) is 0.889. The van der Waals surface area contributed by atoms with Crippen LogP contribution in [0, 0.1) is 23.2 Å².